The van der Waals surface area contributed by atoms with Gasteiger partial charge in [-0.1, -0.05) is 24.3 Å². The number of nitrogens with one attached hydrogen (secondary N) is 3. The van der Waals surface area contributed by atoms with Crippen LogP contribution in [0.3, 0.4) is 0 Å². The molecular weight excluding hydrogens is 404 g/mol. The van der Waals surface area contributed by atoms with Crippen LogP contribution in [-0.4, -0.2) is 24.0 Å². The second kappa shape index (κ2) is 9.18. The van der Waals surface area contributed by atoms with Crippen LogP contribution in [-0.2, 0) is 0 Å². The smallest absolute Gasteiger partial charge is 0.323 e. The largest absolute Gasteiger partial charge is 0.497 e. The molecule has 7 heteroatoms. The van der Waals surface area contributed by atoms with Gasteiger partial charge in [-0.3, -0.25) is 9.78 Å². The Morgan fingerprint density at radius 3 is 2.22 bits per heavy atom. The van der Waals surface area contributed by atoms with Crippen molar-refractivity contribution in [2.45, 2.75) is 6.92 Å². The molecular formula is C25H22N4O3. The quantitative estimate of drug-likeness (QED) is 0.396. The van der Waals surface area contributed by atoms with Crippen molar-refractivity contribution in [3.63, 3.8) is 0 Å². The molecule has 7 nitrogen and oxygen atoms in total. The van der Waals surface area contributed by atoms with Crippen molar-refractivity contribution in [3.05, 3.63) is 90.1 Å². The molecule has 3 N–H and O–H groups in total. The highest BCUT2D eigenvalue weighted by molar-refractivity contribution is 6.07. The van der Waals surface area contributed by atoms with Gasteiger partial charge >= 0.3 is 6.03 Å². The molecule has 0 unspecified atom stereocenters. The first-order chi connectivity index (χ1) is 15.5. The highest BCUT2D eigenvalue weighted by Crippen LogP contribution is 2.23. The Kier molecular flexibility index (Phi) is 5.98. The van der Waals surface area contributed by atoms with Crippen molar-refractivity contribution in [2.75, 3.05) is 23.1 Å². The number of hydrogen-bond acceptors (Lipinski definition) is 4. The zero-order valence-electron chi connectivity index (χ0n) is 17.7. The average Bonchev–Trinajstić information content (AvgIpc) is 2.79. The summed E-state index contributed by atoms with van der Waals surface area (Å²) in [5.74, 6) is 0.410. The summed E-state index contributed by atoms with van der Waals surface area (Å²) in [6, 6.07) is 23.1. The monoisotopic (exact) mass is 426 g/mol. The maximum absolute atomic E-state index is 12.9. The third-order valence-corrected chi connectivity index (χ3v) is 4.87. The van der Waals surface area contributed by atoms with Gasteiger partial charge in [0.05, 0.1) is 23.9 Å². The van der Waals surface area contributed by atoms with E-state index in [9.17, 15) is 9.59 Å². The number of aryl methyl sites for hydroxylation is 1. The number of fused-ring (bicyclic) bond motifs is 1. The number of amides is 3. The number of anilines is 3. The van der Waals surface area contributed by atoms with Gasteiger partial charge in [-0.05, 0) is 61.5 Å². The Balaban J connectivity index is 1.49. The topological polar surface area (TPSA) is 92.3 Å². The lowest BCUT2D eigenvalue weighted by Gasteiger charge is -2.11. The van der Waals surface area contributed by atoms with E-state index in [2.05, 4.69) is 20.9 Å². The van der Waals surface area contributed by atoms with E-state index in [0.29, 0.717) is 34.1 Å². The van der Waals surface area contributed by atoms with Gasteiger partial charge in [0.2, 0.25) is 0 Å². The van der Waals surface area contributed by atoms with Crippen molar-refractivity contribution in [2.24, 2.45) is 0 Å². The molecule has 3 amide bonds. The number of hydrogen-bond donors (Lipinski definition) is 3. The Hall–Kier alpha value is -4.39. The summed E-state index contributed by atoms with van der Waals surface area (Å²) in [6.45, 7) is 1.80. The Morgan fingerprint density at radius 1 is 0.781 bits per heavy atom. The van der Waals surface area contributed by atoms with Gasteiger partial charge < -0.3 is 20.7 Å². The number of methoxy groups -OCH3 is 1. The summed E-state index contributed by atoms with van der Waals surface area (Å²) in [4.78, 5) is 29.7. The number of pyridine rings is 1. The van der Waals surface area contributed by atoms with E-state index in [-0.39, 0.29) is 11.9 Å². The normalized spacial score (nSPS) is 10.4. The van der Waals surface area contributed by atoms with Gasteiger partial charge in [0.1, 0.15) is 5.75 Å². The van der Waals surface area contributed by atoms with E-state index in [1.807, 2.05) is 36.4 Å². The molecule has 0 radical (unpaired) electrons. The van der Waals surface area contributed by atoms with Gasteiger partial charge in [0.15, 0.2) is 0 Å². The van der Waals surface area contributed by atoms with Crippen molar-refractivity contribution in [1.82, 2.24) is 4.98 Å². The third-order valence-electron chi connectivity index (χ3n) is 4.87. The number of carbonyl (C=O) groups is 2. The molecule has 0 bridgehead atoms. The number of para-hydroxylation sites is 1. The number of ether oxygens (including phenoxy) is 1. The minimum atomic E-state index is -0.372. The second-order valence-electron chi connectivity index (χ2n) is 7.16. The molecule has 0 spiro atoms. The zero-order valence-corrected chi connectivity index (χ0v) is 17.7. The lowest BCUT2D eigenvalue weighted by molar-refractivity contribution is 0.102. The fourth-order valence-electron chi connectivity index (χ4n) is 3.30. The lowest BCUT2D eigenvalue weighted by atomic mass is 10.1. The second-order valence-corrected chi connectivity index (χ2v) is 7.16. The minimum absolute atomic E-state index is 0.286. The molecule has 0 saturated heterocycles. The molecule has 160 valence electrons. The first kappa shape index (κ1) is 20.9. The van der Waals surface area contributed by atoms with Crippen LogP contribution in [0.4, 0.5) is 21.9 Å². The molecule has 4 rings (SSSR count). The van der Waals surface area contributed by atoms with E-state index in [4.69, 9.17) is 4.74 Å². The van der Waals surface area contributed by atoms with E-state index >= 15 is 0 Å². The third kappa shape index (κ3) is 4.84. The fraction of sp³-hybridized carbons (Fsp3) is 0.0800. The zero-order chi connectivity index (χ0) is 22.5. The summed E-state index contributed by atoms with van der Waals surface area (Å²) in [5, 5.41) is 9.21. The molecule has 0 saturated carbocycles. The van der Waals surface area contributed by atoms with Gasteiger partial charge in [0, 0.05) is 22.4 Å². The Morgan fingerprint density at radius 2 is 1.47 bits per heavy atom. The van der Waals surface area contributed by atoms with Crippen molar-refractivity contribution < 1.29 is 14.3 Å². The highest BCUT2D eigenvalue weighted by atomic mass is 16.5. The van der Waals surface area contributed by atoms with Crippen molar-refractivity contribution in [3.8, 4) is 5.75 Å². The maximum Gasteiger partial charge on any atom is 0.323 e. The number of carbonyl (C=O) groups excluding carboxylic acids is 2. The van der Waals surface area contributed by atoms with Gasteiger partial charge in [-0.2, -0.15) is 0 Å². The predicted octanol–water partition coefficient (Wildman–Crippen LogP) is 5.45. The summed E-state index contributed by atoms with van der Waals surface area (Å²) in [7, 11) is 1.59. The Bertz CT molecular complexity index is 1290. The minimum Gasteiger partial charge on any atom is -0.497 e. The molecule has 32 heavy (non-hydrogen) atoms. The molecule has 0 aliphatic rings. The lowest BCUT2D eigenvalue weighted by Crippen LogP contribution is -2.19. The van der Waals surface area contributed by atoms with E-state index < -0.39 is 0 Å². The van der Waals surface area contributed by atoms with Gasteiger partial charge in [-0.15, -0.1) is 0 Å². The van der Waals surface area contributed by atoms with Crippen LogP contribution >= 0.6 is 0 Å². The van der Waals surface area contributed by atoms with Crippen LogP contribution < -0.4 is 20.7 Å². The Labute approximate surface area is 185 Å². The SMILES string of the molecule is COc1ccc2nc(C)c(C(=O)Nc3cccc(NC(=O)Nc4ccccc4)c3)cc2c1. The van der Waals surface area contributed by atoms with Crippen LogP contribution in [0.25, 0.3) is 10.9 Å². The molecule has 1 heterocycles. The van der Waals surface area contributed by atoms with Crippen molar-refractivity contribution in [1.29, 1.82) is 0 Å². The van der Waals surface area contributed by atoms with Crippen LogP contribution in [0.15, 0.2) is 78.9 Å². The summed E-state index contributed by atoms with van der Waals surface area (Å²) in [6.07, 6.45) is 0. The van der Waals surface area contributed by atoms with Crippen molar-refractivity contribution >= 4 is 39.9 Å². The molecule has 0 aliphatic heterocycles. The van der Waals surface area contributed by atoms with E-state index in [0.717, 1.165) is 10.9 Å². The van der Waals surface area contributed by atoms with Crippen LogP contribution in [0.1, 0.15) is 16.1 Å². The summed E-state index contributed by atoms with van der Waals surface area (Å²) >= 11 is 0. The predicted molar refractivity (Wildman–Crippen MR) is 127 cm³/mol. The van der Waals surface area contributed by atoms with Gasteiger partial charge in [0.25, 0.3) is 5.91 Å². The van der Waals surface area contributed by atoms with E-state index in [1.165, 1.54) is 0 Å². The molecule has 0 aliphatic carbocycles. The van der Waals surface area contributed by atoms with Gasteiger partial charge in [-0.25, -0.2) is 4.79 Å². The molecule has 4 aromatic rings. The fourth-order valence-corrected chi connectivity index (χ4v) is 3.30. The summed E-state index contributed by atoms with van der Waals surface area (Å²) in [5.41, 5.74) is 3.66. The molecule has 0 fully saturated rings. The molecule has 0 atom stereocenters. The first-order valence-corrected chi connectivity index (χ1v) is 10.0. The standard InChI is InChI=1S/C25H22N4O3/c1-16-22(14-17-13-21(32-2)11-12-23(17)26-16)24(30)27-19-9-6-10-20(15-19)29-25(31)28-18-7-4-3-5-8-18/h3-15H,1-2H3,(H,27,30)(H2,28,29,31). The maximum atomic E-state index is 12.9. The molecule has 1 aromatic heterocycles. The number of urea groups is 1. The number of benzene rings is 3. The van der Waals surface area contributed by atoms with Crippen LogP contribution in [0, 0.1) is 6.92 Å². The van der Waals surface area contributed by atoms with Crippen LogP contribution in [0.5, 0.6) is 5.75 Å². The number of aromatic nitrogens is 1. The molecule has 3 aromatic carbocycles. The van der Waals surface area contributed by atoms with Crippen LogP contribution in [0.2, 0.25) is 0 Å². The number of nitrogens with zero attached hydrogens (tertiary/aromatic N) is 1. The number of rotatable bonds is 5. The van der Waals surface area contributed by atoms with E-state index in [1.54, 1.807) is 56.5 Å². The average molecular weight is 426 g/mol. The summed E-state index contributed by atoms with van der Waals surface area (Å²) < 4.78 is 5.26. The highest BCUT2D eigenvalue weighted by Gasteiger charge is 2.13. The first-order valence-electron chi connectivity index (χ1n) is 10.0.